The standard InChI is InChI=1S/C14H23NO4S/c1-3-18-13-4-6-14(7-5-13)19-10-8-12(2)9-11-20(15,16)17/h4-7,12H,3,8-11H2,1-2H3,(H2,15,16,17). The average molecular weight is 301 g/mol. The maximum Gasteiger partial charge on any atom is 0.209 e. The molecule has 0 fully saturated rings. The van der Waals surface area contributed by atoms with Crippen LogP contribution in [0.25, 0.3) is 0 Å². The molecule has 0 aliphatic carbocycles. The Bertz CT molecular complexity index is 484. The molecule has 0 saturated carbocycles. The van der Waals surface area contributed by atoms with Crippen LogP contribution in [0.4, 0.5) is 0 Å². The smallest absolute Gasteiger partial charge is 0.209 e. The van der Waals surface area contributed by atoms with Crippen molar-refractivity contribution >= 4 is 10.0 Å². The van der Waals surface area contributed by atoms with Crippen molar-refractivity contribution in [2.75, 3.05) is 19.0 Å². The number of nitrogens with two attached hydrogens (primary N) is 1. The summed E-state index contributed by atoms with van der Waals surface area (Å²) in [5.41, 5.74) is 0. The minimum Gasteiger partial charge on any atom is -0.494 e. The van der Waals surface area contributed by atoms with Crippen molar-refractivity contribution in [3.8, 4) is 11.5 Å². The van der Waals surface area contributed by atoms with Gasteiger partial charge >= 0.3 is 0 Å². The fourth-order valence-electron chi connectivity index (χ4n) is 1.69. The highest BCUT2D eigenvalue weighted by atomic mass is 32.2. The minimum atomic E-state index is -3.36. The van der Waals surface area contributed by atoms with Crippen molar-refractivity contribution in [2.45, 2.75) is 26.7 Å². The van der Waals surface area contributed by atoms with Gasteiger partial charge in [-0.1, -0.05) is 6.92 Å². The Labute approximate surface area is 121 Å². The normalized spacial score (nSPS) is 12.9. The van der Waals surface area contributed by atoms with E-state index in [1.807, 2.05) is 38.1 Å². The molecule has 0 amide bonds. The number of primary sulfonamides is 1. The second-order valence-corrected chi connectivity index (χ2v) is 6.54. The number of benzene rings is 1. The predicted octanol–water partition coefficient (Wildman–Crippen LogP) is 2.17. The van der Waals surface area contributed by atoms with E-state index >= 15 is 0 Å². The summed E-state index contributed by atoms with van der Waals surface area (Å²) in [4.78, 5) is 0. The quantitative estimate of drug-likeness (QED) is 0.758. The summed E-state index contributed by atoms with van der Waals surface area (Å²) >= 11 is 0. The van der Waals surface area contributed by atoms with Gasteiger partial charge in [0.25, 0.3) is 0 Å². The molecule has 0 aliphatic heterocycles. The molecule has 0 aromatic heterocycles. The maximum absolute atomic E-state index is 10.9. The van der Waals surface area contributed by atoms with E-state index in [0.717, 1.165) is 17.9 Å². The number of hydrogen-bond donors (Lipinski definition) is 1. The molecule has 0 bridgehead atoms. The predicted molar refractivity (Wildman–Crippen MR) is 79.5 cm³/mol. The van der Waals surface area contributed by atoms with Gasteiger partial charge in [-0.05, 0) is 49.9 Å². The van der Waals surface area contributed by atoms with Gasteiger partial charge in [0.05, 0.1) is 19.0 Å². The molecule has 1 aromatic rings. The monoisotopic (exact) mass is 301 g/mol. The summed E-state index contributed by atoms with van der Waals surface area (Å²) in [6.45, 7) is 5.13. The van der Waals surface area contributed by atoms with Crippen LogP contribution in [0.2, 0.25) is 0 Å². The van der Waals surface area contributed by atoms with Crippen molar-refractivity contribution in [2.24, 2.45) is 11.1 Å². The molecular weight excluding hydrogens is 278 g/mol. The third kappa shape index (κ3) is 7.35. The van der Waals surface area contributed by atoms with Crippen LogP contribution in [0.5, 0.6) is 11.5 Å². The summed E-state index contributed by atoms with van der Waals surface area (Å²) in [6, 6.07) is 7.45. The van der Waals surface area contributed by atoms with E-state index in [1.165, 1.54) is 0 Å². The van der Waals surface area contributed by atoms with E-state index < -0.39 is 10.0 Å². The van der Waals surface area contributed by atoms with Crippen molar-refractivity contribution < 1.29 is 17.9 Å². The van der Waals surface area contributed by atoms with Crippen molar-refractivity contribution in [1.82, 2.24) is 0 Å². The molecule has 1 atom stereocenters. The molecule has 20 heavy (non-hydrogen) atoms. The first-order valence-electron chi connectivity index (χ1n) is 6.77. The second kappa shape index (κ2) is 8.11. The Hall–Kier alpha value is -1.27. The van der Waals surface area contributed by atoms with Gasteiger partial charge in [-0.25, -0.2) is 13.6 Å². The van der Waals surface area contributed by atoms with Gasteiger partial charge in [0, 0.05) is 0 Å². The van der Waals surface area contributed by atoms with Crippen LogP contribution in [-0.4, -0.2) is 27.4 Å². The Morgan fingerprint density at radius 3 is 2.15 bits per heavy atom. The molecule has 0 heterocycles. The fourth-order valence-corrected chi connectivity index (χ4v) is 2.42. The van der Waals surface area contributed by atoms with E-state index in [2.05, 4.69) is 0 Å². The minimum absolute atomic E-state index is 0.0250. The van der Waals surface area contributed by atoms with Crippen LogP contribution in [0.3, 0.4) is 0 Å². The van der Waals surface area contributed by atoms with Gasteiger partial charge in [-0.3, -0.25) is 0 Å². The molecule has 1 aromatic carbocycles. The maximum atomic E-state index is 10.9. The van der Waals surface area contributed by atoms with Gasteiger partial charge in [-0.15, -0.1) is 0 Å². The molecule has 2 N–H and O–H groups in total. The molecule has 114 valence electrons. The molecule has 0 saturated heterocycles. The van der Waals surface area contributed by atoms with Gasteiger partial charge < -0.3 is 9.47 Å². The highest BCUT2D eigenvalue weighted by Gasteiger charge is 2.08. The number of hydrogen-bond acceptors (Lipinski definition) is 4. The lowest BCUT2D eigenvalue weighted by atomic mass is 10.1. The van der Waals surface area contributed by atoms with Crippen LogP contribution in [0, 0.1) is 5.92 Å². The molecule has 0 radical (unpaired) electrons. The van der Waals surface area contributed by atoms with Crippen molar-refractivity contribution in [1.29, 1.82) is 0 Å². The molecule has 1 rings (SSSR count). The lowest BCUT2D eigenvalue weighted by Gasteiger charge is -2.12. The lowest BCUT2D eigenvalue weighted by Crippen LogP contribution is -2.18. The molecule has 1 unspecified atom stereocenters. The highest BCUT2D eigenvalue weighted by Crippen LogP contribution is 2.18. The van der Waals surface area contributed by atoms with Crippen LogP contribution in [0.1, 0.15) is 26.7 Å². The largest absolute Gasteiger partial charge is 0.494 e. The Morgan fingerprint density at radius 2 is 1.65 bits per heavy atom. The summed E-state index contributed by atoms with van der Waals surface area (Å²) < 4.78 is 32.7. The third-order valence-electron chi connectivity index (χ3n) is 2.91. The van der Waals surface area contributed by atoms with Gasteiger partial charge in [0.1, 0.15) is 11.5 Å². The zero-order valence-electron chi connectivity index (χ0n) is 12.0. The third-order valence-corrected chi connectivity index (χ3v) is 3.71. The SMILES string of the molecule is CCOc1ccc(OCCC(C)CCS(N)(=O)=O)cc1. The van der Waals surface area contributed by atoms with E-state index in [1.54, 1.807) is 0 Å². The van der Waals surface area contributed by atoms with Crippen LogP contribution in [-0.2, 0) is 10.0 Å². The first-order chi connectivity index (χ1) is 9.40. The Morgan fingerprint density at radius 1 is 1.10 bits per heavy atom. The lowest BCUT2D eigenvalue weighted by molar-refractivity contribution is 0.281. The molecular formula is C14H23NO4S. The van der Waals surface area contributed by atoms with E-state index in [9.17, 15) is 8.42 Å². The summed E-state index contributed by atoms with van der Waals surface area (Å²) in [6.07, 6.45) is 1.36. The van der Waals surface area contributed by atoms with Crippen molar-refractivity contribution in [3.05, 3.63) is 24.3 Å². The molecule has 5 nitrogen and oxygen atoms in total. The Balaban J connectivity index is 2.26. The van der Waals surface area contributed by atoms with Crippen LogP contribution >= 0.6 is 0 Å². The first kappa shape index (κ1) is 16.8. The zero-order valence-corrected chi connectivity index (χ0v) is 12.9. The Kier molecular flexibility index (Phi) is 6.81. The van der Waals surface area contributed by atoms with Crippen LogP contribution < -0.4 is 14.6 Å². The van der Waals surface area contributed by atoms with Crippen molar-refractivity contribution in [3.63, 3.8) is 0 Å². The summed E-state index contributed by atoms with van der Waals surface area (Å²) in [5.74, 6) is 1.89. The van der Waals surface area contributed by atoms with Gasteiger partial charge in [-0.2, -0.15) is 0 Å². The van der Waals surface area contributed by atoms with Gasteiger partial charge in [0.2, 0.25) is 10.0 Å². The van der Waals surface area contributed by atoms with E-state index in [4.69, 9.17) is 14.6 Å². The van der Waals surface area contributed by atoms with Crippen LogP contribution in [0.15, 0.2) is 24.3 Å². The first-order valence-corrected chi connectivity index (χ1v) is 8.48. The summed E-state index contributed by atoms with van der Waals surface area (Å²) in [7, 11) is -3.36. The topological polar surface area (TPSA) is 78.6 Å². The van der Waals surface area contributed by atoms with E-state index in [0.29, 0.717) is 19.6 Å². The second-order valence-electron chi connectivity index (χ2n) is 4.80. The molecule has 6 heteroatoms. The summed E-state index contributed by atoms with van der Waals surface area (Å²) in [5, 5.41) is 4.97. The number of rotatable bonds is 9. The average Bonchev–Trinajstić information content (AvgIpc) is 2.38. The van der Waals surface area contributed by atoms with Gasteiger partial charge in [0.15, 0.2) is 0 Å². The highest BCUT2D eigenvalue weighted by molar-refractivity contribution is 7.89. The van der Waals surface area contributed by atoms with E-state index in [-0.39, 0.29) is 11.7 Å². The fraction of sp³-hybridized carbons (Fsp3) is 0.571. The number of sulfonamides is 1. The molecule has 0 aliphatic rings. The zero-order chi connectivity index (χ0) is 15.0. The molecule has 0 spiro atoms. The number of ether oxygens (including phenoxy) is 2.